The standard InChI is InChI=1S/C13H13BrClNO2/c1-2-17-13-11(14)6-9(15)7-12(13)16-8-10-4-3-5-18-10/h3-7,16H,2,8H2,1H3. The highest BCUT2D eigenvalue weighted by atomic mass is 79.9. The summed E-state index contributed by atoms with van der Waals surface area (Å²) in [6, 6.07) is 7.41. The van der Waals surface area contributed by atoms with Crippen LogP contribution in [0.2, 0.25) is 5.02 Å². The third kappa shape index (κ3) is 3.21. The molecule has 0 bridgehead atoms. The number of hydrogen-bond acceptors (Lipinski definition) is 3. The Hall–Kier alpha value is -1.13. The summed E-state index contributed by atoms with van der Waals surface area (Å²) in [6.45, 7) is 3.12. The SMILES string of the molecule is CCOc1c(Br)cc(Cl)cc1NCc1ccco1. The Bertz CT molecular complexity index is 514. The topological polar surface area (TPSA) is 34.4 Å². The molecule has 1 N–H and O–H groups in total. The van der Waals surface area contributed by atoms with Gasteiger partial charge in [-0.3, -0.25) is 0 Å². The van der Waals surface area contributed by atoms with Crippen molar-refractivity contribution in [3.8, 4) is 5.75 Å². The monoisotopic (exact) mass is 329 g/mol. The second kappa shape index (κ2) is 6.16. The van der Waals surface area contributed by atoms with Crippen molar-refractivity contribution >= 4 is 33.2 Å². The minimum Gasteiger partial charge on any atom is -0.491 e. The van der Waals surface area contributed by atoms with Crippen LogP contribution >= 0.6 is 27.5 Å². The molecule has 0 saturated carbocycles. The number of ether oxygens (including phenoxy) is 1. The zero-order chi connectivity index (χ0) is 13.0. The first-order chi connectivity index (χ1) is 8.70. The van der Waals surface area contributed by atoms with E-state index in [-0.39, 0.29) is 0 Å². The van der Waals surface area contributed by atoms with Crippen molar-refractivity contribution < 1.29 is 9.15 Å². The van der Waals surface area contributed by atoms with Crippen LogP contribution in [0.25, 0.3) is 0 Å². The Balaban J connectivity index is 2.19. The molecule has 0 fully saturated rings. The molecule has 0 unspecified atom stereocenters. The molecular formula is C13H13BrClNO2. The minimum absolute atomic E-state index is 0.583. The van der Waals surface area contributed by atoms with Gasteiger partial charge in [0.1, 0.15) is 5.76 Å². The molecule has 2 aromatic rings. The van der Waals surface area contributed by atoms with Crippen molar-refractivity contribution in [2.24, 2.45) is 0 Å². The molecule has 1 aromatic carbocycles. The maximum atomic E-state index is 6.03. The number of halogens is 2. The molecule has 0 saturated heterocycles. The normalized spacial score (nSPS) is 10.4. The number of anilines is 1. The van der Waals surface area contributed by atoms with E-state index in [1.54, 1.807) is 6.26 Å². The largest absolute Gasteiger partial charge is 0.491 e. The van der Waals surface area contributed by atoms with Crippen LogP contribution in [-0.2, 0) is 6.54 Å². The maximum absolute atomic E-state index is 6.03. The van der Waals surface area contributed by atoms with E-state index >= 15 is 0 Å². The Kier molecular flexibility index (Phi) is 4.55. The first-order valence-corrected chi connectivity index (χ1v) is 6.76. The number of furan rings is 1. The lowest BCUT2D eigenvalue weighted by molar-refractivity contribution is 0.339. The molecule has 0 atom stereocenters. The fourth-order valence-corrected chi connectivity index (χ4v) is 2.50. The summed E-state index contributed by atoms with van der Waals surface area (Å²) in [7, 11) is 0. The van der Waals surface area contributed by atoms with Crippen LogP contribution in [0.5, 0.6) is 5.75 Å². The van der Waals surface area contributed by atoms with Gasteiger partial charge in [0.25, 0.3) is 0 Å². The van der Waals surface area contributed by atoms with Gasteiger partial charge in [0, 0.05) is 5.02 Å². The van der Waals surface area contributed by atoms with Crippen molar-refractivity contribution in [1.82, 2.24) is 0 Å². The minimum atomic E-state index is 0.583. The van der Waals surface area contributed by atoms with Gasteiger partial charge in [-0.05, 0) is 47.1 Å². The zero-order valence-electron chi connectivity index (χ0n) is 9.87. The number of nitrogens with one attached hydrogen (secondary N) is 1. The molecule has 0 spiro atoms. The van der Waals surface area contributed by atoms with E-state index in [2.05, 4.69) is 21.2 Å². The Morgan fingerprint density at radius 3 is 2.94 bits per heavy atom. The van der Waals surface area contributed by atoms with Gasteiger partial charge < -0.3 is 14.5 Å². The fourth-order valence-electron chi connectivity index (χ4n) is 1.58. The second-order valence-electron chi connectivity index (χ2n) is 3.63. The average Bonchev–Trinajstić information content (AvgIpc) is 2.83. The summed E-state index contributed by atoms with van der Waals surface area (Å²) in [5.74, 6) is 1.61. The van der Waals surface area contributed by atoms with Crippen LogP contribution in [0.15, 0.2) is 39.4 Å². The van der Waals surface area contributed by atoms with Crippen LogP contribution < -0.4 is 10.1 Å². The highest BCUT2D eigenvalue weighted by Crippen LogP contribution is 2.36. The van der Waals surface area contributed by atoms with Gasteiger partial charge >= 0.3 is 0 Å². The molecule has 96 valence electrons. The van der Waals surface area contributed by atoms with Crippen molar-refractivity contribution in [3.05, 3.63) is 45.8 Å². The number of hydrogen-bond donors (Lipinski definition) is 1. The quantitative estimate of drug-likeness (QED) is 0.862. The Labute approximate surface area is 119 Å². The third-order valence-electron chi connectivity index (χ3n) is 2.33. The molecule has 0 amide bonds. The van der Waals surface area contributed by atoms with Crippen molar-refractivity contribution in [1.29, 1.82) is 0 Å². The summed E-state index contributed by atoms with van der Waals surface area (Å²) in [4.78, 5) is 0. The molecule has 3 nitrogen and oxygen atoms in total. The number of rotatable bonds is 5. The van der Waals surface area contributed by atoms with E-state index in [4.69, 9.17) is 20.8 Å². The lowest BCUT2D eigenvalue weighted by atomic mass is 10.3. The summed E-state index contributed by atoms with van der Waals surface area (Å²) >= 11 is 9.48. The highest BCUT2D eigenvalue weighted by molar-refractivity contribution is 9.10. The van der Waals surface area contributed by atoms with Gasteiger partial charge in [-0.1, -0.05) is 11.6 Å². The van der Waals surface area contributed by atoms with Gasteiger partial charge in [-0.2, -0.15) is 0 Å². The van der Waals surface area contributed by atoms with Crippen LogP contribution in [0, 0.1) is 0 Å². The van der Waals surface area contributed by atoms with Gasteiger partial charge in [0.05, 0.1) is 29.6 Å². The van der Waals surface area contributed by atoms with E-state index < -0.39 is 0 Å². The summed E-state index contributed by atoms with van der Waals surface area (Å²) in [5, 5.41) is 3.89. The first-order valence-electron chi connectivity index (χ1n) is 5.58. The van der Waals surface area contributed by atoms with Crippen LogP contribution in [0.3, 0.4) is 0 Å². The molecule has 0 radical (unpaired) electrons. The summed E-state index contributed by atoms with van der Waals surface area (Å²) in [6.07, 6.45) is 1.65. The smallest absolute Gasteiger partial charge is 0.156 e. The Morgan fingerprint density at radius 2 is 2.28 bits per heavy atom. The molecule has 18 heavy (non-hydrogen) atoms. The molecule has 1 aromatic heterocycles. The third-order valence-corrected chi connectivity index (χ3v) is 3.14. The van der Waals surface area contributed by atoms with Crippen LogP contribution in [-0.4, -0.2) is 6.61 Å². The molecule has 2 rings (SSSR count). The maximum Gasteiger partial charge on any atom is 0.156 e. The van der Waals surface area contributed by atoms with Crippen LogP contribution in [0.4, 0.5) is 5.69 Å². The van der Waals surface area contributed by atoms with Crippen molar-refractivity contribution in [2.75, 3.05) is 11.9 Å². The molecular weight excluding hydrogens is 318 g/mol. The molecule has 0 aliphatic heterocycles. The zero-order valence-corrected chi connectivity index (χ0v) is 12.2. The highest BCUT2D eigenvalue weighted by Gasteiger charge is 2.10. The van der Waals surface area contributed by atoms with E-state index in [1.165, 1.54) is 0 Å². The van der Waals surface area contributed by atoms with Crippen molar-refractivity contribution in [2.45, 2.75) is 13.5 Å². The van der Waals surface area contributed by atoms with Gasteiger partial charge in [0.15, 0.2) is 5.75 Å². The molecule has 1 heterocycles. The number of benzene rings is 1. The Morgan fingerprint density at radius 1 is 1.44 bits per heavy atom. The lowest BCUT2D eigenvalue weighted by Crippen LogP contribution is -2.02. The van der Waals surface area contributed by atoms with Gasteiger partial charge in [-0.15, -0.1) is 0 Å². The summed E-state index contributed by atoms with van der Waals surface area (Å²) < 4.78 is 11.7. The summed E-state index contributed by atoms with van der Waals surface area (Å²) in [5.41, 5.74) is 0.840. The van der Waals surface area contributed by atoms with E-state index in [1.807, 2.05) is 31.2 Å². The van der Waals surface area contributed by atoms with Gasteiger partial charge in [0.2, 0.25) is 0 Å². The van der Waals surface area contributed by atoms with E-state index in [0.29, 0.717) is 18.2 Å². The van der Waals surface area contributed by atoms with Gasteiger partial charge in [-0.25, -0.2) is 0 Å². The predicted molar refractivity (Wildman–Crippen MR) is 76.4 cm³/mol. The molecule has 5 heteroatoms. The van der Waals surface area contributed by atoms with E-state index in [9.17, 15) is 0 Å². The molecule has 0 aliphatic rings. The van der Waals surface area contributed by atoms with E-state index in [0.717, 1.165) is 21.7 Å². The lowest BCUT2D eigenvalue weighted by Gasteiger charge is -2.14. The first kappa shape index (κ1) is 13.3. The van der Waals surface area contributed by atoms with Crippen LogP contribution in [0.1, 0.15) is 12.7 Å². The average molecular weight is 331 g/mol. The fraction of sp³-hybridized carbons (Fsp3) is 0.231. The second-order valence-corrected chi connectivity index (χ2v) is 4.92. The van der Waals surface area contributed by atoms with Crippen molar-refractivity contribution in [3.63, 3.8) is 0 Å². The predicted octanol–water partition coefficient (Wildman–Crippen LogP) is 4.71. The molecule has 0 aliphatic carbocycles.